The van der Waals surface area contributed by atoms with E-state index in [0.29, 0.717) is 12.4 Å². The summed E-state index contributed by atoms with van der Waals surface area (Å²) in [6.45, 7) is 4.45. The van der Waals surface area contributed by atoms with Crippen LogP contribution in [-0.2, 0) is 6.54 Å². The van der Waals surface area contributed by atoms with Gasteiger partial charge in [0, 0.05) is 0 Å². The van der Waals surface area contributed by atoms with E-state index in [1.54, 1.807) is 7.19 Å². The first-order chi connectivity index (χ1) is 15.2. The van der Waals surface area contributed by atoms with Crippen LogP contribution >= 0.6 is 11.6 Å². The molecule has 4 rings (SSSR count). The Bertz CT molecular complexity index is 1370. The van der Waals surface area contributed by atoms with Crippen LogP contribution in [0.5, 0.6) is 0 Å². The zero-order valence-electron chi connectivity index (χ0n) is 17.3. The molecular weight excluding hydrogens is 432 g/mol. The van der Waals surface area contributed by atoms with Gasteiger partial charge in [-0.1, -0.05) is 0 Å². The van der Waals surface area contributed by atoms with Gasteiger partial charge < -0.3 is 0 Å². The third-order valence-electron chi connectivity index (χ3n) is 5.15. The molecule has 10 heteroatoms. The number of nitrogens with two attached hydrogens (primary N) is 1. The second-order valence-electron chi connectivity index (χ2n) is 7.45. The predicted molar refractivity (Wildman–Crippen MR) is 122 cm³/mol. The molecule has 2 aromatic carbocycles. The number of fused-ring (bicyclic) bond motifs is 1. The van der Waals surface area contributed by atoms with Crippen LogP contribution < -0.4 is 11.1 Å². The van der Waals surface area contributed by atoms with Gasteiger partial charge in [0.25, 0.3) is 0 Å². The van der Waals surface area contributed by atoms with Gasteiger partial charge in [0.15, 0.2) is 0 Å². The van der Waals surface area contributed by atoms with Gasteiger partial charge in [-0.05, 0) is 0 Å². The van der Waals surface area contributed by atoms with Crippen LogP contribution in [0.4, 0.5) is 10.2 Å². The number of carbonyl (C=O) groups is 2. The summed E-state index contributed by atoms with van der Waals surface area (Å²) >= 11 is 5.90. The SMILES string of the molecule is Cc1ccc(Cn2bnc(NC(=O)c3cc(C(N)=O)nc4cc(F)c(Cl)cc34)c2C)cc1. The molecule has 0 bridgehead atoms. The van der Waals surface area contributed by atoms with Crippen LogP contribution in [0.3, 0.4) is 0 Å². The number of hydrogen-bond acceptors (Lipinski definition) is 4. The molecule has 2 amide bonds. The fourth-order valence-electron chi connectivity index (χ4n) is 3.33. The summed E-state index contributed by atoms with van der Waals surface area (Å²) < 4.78 is 15.8. The van der Waals surface area contributed by atoms with E-state index in [9.17, 15) is 14.0 Å². The van der Waals surface area contributed by atoms with Crippen LogP contribution in [-0.4, -0.2) is 33.4 Å². The number of halogens is 2. The van der Waals surface area contributed by atoms with Gasteiger partial charge in [0.1, 0.15) is 0 Å². The third kappa shape index (κ3) is 4.24. The van der Waals surface area contributed by atoms with Crippen molar-refractivity contribution in [1.82, 2.24) is 14.3 Å². The van der Waals surface area contributed by atoms with E-state index in [-0.39, 0.29) is 27.2 Å². The number of nitrogens with one attached hydrogen (secondary N) is 1. The van der Waals surface area contributed by atoms with Crippen molar-refractivity contribution >= 4 is 47.3 Å². The molecule has 160 valence electrons. The van der Waals surface area contributed by atoms with E-state index in [0.717, 1.165) is 17.3 Å². The summed E-state index contributed by atoms with van der Waals surface area (Å²) in [6.07, 6.45) is 0. The van der Waals surface area contributed by atoms with Gasteiger partial charge in [-0.15, -0.1) is 0 Å². The summed E-state index contributed by atoms with van der Waals surface area (Å²) in [5.74, 6) is -1.74. The number of nitrogens with zero attached hydrogens (tertiary/aromatic N) is 3. The van der Waals surface area contributed by atoms with Crippen molar-refractivity contribution in [1.29, 1.82) is 0 Å². The van der Waals surface area contributed by atoms with E-state index in [2.05, 4.69) is 15.2 Å². The number of carbonyl (C=O) groups excluding carboxylic acids is 2. The summed E-state index contributed by atoms with van der Waals surface area (Å²) in [5, 5.41) is 2.87. The minimum atomic E-state index is -0.838. The summed E-state index contributed by atoms with van der Waals surface area (Å²) in [6, 6.07) is 11.7. The van der Waals surface area contributed by atoms with Crippen LogP contribution in [0.15, 0.2) is 42.5 Å². The number of hydrogen-bond donors (Lipinski definition) is 2. The Morgan fingerprint density at radius 2 is 1.91 bits per heavy atom. The van der Waals surface area contributed by atoms with Crippen LogP contribution in [0.2, 0.25) is 5.02 Å². The van der Waals surface area contributed by atoms with E-state index in [1.165, 1.54) is 17.7 Å². The van der Waals surface area contributed by atoms with E-state index < -0.39 is 17.6 Å². The van der Waals surface area contributed by atoms with Crippen molar-refractivity contribution in [2.45, 2.75) is 20.4 Å². The molecule has 4 aromatic rings. The summed E-state index contributed by atoms with van der Waals surface area (Å²) in [5.41, 5.74) is 8.36. The molecular formula is C22H18BClFN5O2. The normalized spacial score (nSPS) is 10.9. The first-order valence-corrected chi connectivity index (χ1v) is 10.1. The van der Waals surface area contributed by atoms with Crippen molar-refractivity contribution in [3.63, 3.8) is 0 Å². The maximum atomic E-state index is 13.9. The molecule has 0 aliphatic heterocycles. The number of amides is 2. The van der Waals surface area contributed by atoms with Gasteiger partial charge >= 0.3 is 188 Å². The van der Waals surface area contributed by atoms with E-state index in [1.807, 2.05) is 42.6 Å². The molecule has 3 N–H and O–H groups in total. The van der Waals surface area contributed by atoms with Crippen molar-refractivity contribution in [3.8, 4) is 0 Å². The molecule has 2 aromatic heterocycles. The summed E-state index contributed by atoms with van der Waals surface area (Å²) in [7, 11) is 1.64. The van der Waals surface area contributed by atoms with Crippen LogP contribution in [0.25, 0.3) is 10.9 Å². The fraction of sp³-hybridized carbons (Fsp3) is 0.136. The van der Waals surface area contributed by atoms with Gasteiger partial charge in [-0.25, -0.2) is 0 Å². The fourth-order valence-corrected chi connectivity index (χ4v) is 3.49. The molecule has 0 radical (unpaired) electrons. The zero-order valence-corrected chi connectivity index (χ0v) is 18.1. The van der Waals surface area contributed by atoms with Crippen molar-refractivity contribution in [3.05, 3.63) is 81.4 Å². The van der Waals surface area contributed by atoms with Gasteiger partial charge in [0.2, 0.25) is 0 Å². The average molecular weight is 450 g/mol. The van der Waals surface area contributed by atoms with E-state index >= 15 is 0 Å². The molecule has 32 heavy (non-hydrogen) atoms. The number of aromatic nitrogens is 3. The van der Waals surface area contributed by atoms with Crippen LogP contribution in [0.1, 0.15) is 37.7 Å². The second-order valence-corrected chi connectivity index (χ2v) is 7.86. The quantitative estimate of drug-likeness (QED) is 0.486. The Kier molecular flexibility index (Phi) is 5.75. The number of rotatable bonds is 5. The molecule has 0 aliphatic carbocycles. The first-order valence-electron chi connectivity index (χ1n) is 9.71. The third-order valence-corrected chi connectivity index (χ3v) is 5.44. The first kappa shape index (κ1) is 21.6. The molecule has 0 spiro atoms. The molecule has 0 aliphatic rings. The molecule has 0 atom stereocenters. The Morgan fingerprint density at radius 3 is 2.59 bits per heavy atom. The van der Waals surface area contributed by atoms with Crippen molar-refractivity contribution in [2.24, 2.45) is 5.73 Å². The van der Waals surface area contributed by atoms with Gasteiger partial charge in [-0.2, -0.15) is 0 Å². The Balaban J connectivity index is 1.67. The van der Waals surface area contributed by atoms with Crippen LogP contribution in [0, 0.1) is 19.7 Å². The molecule has 0 saturated heterocycles. The number of pyridine rings is 1. The molecule has 0 unspecified atom stereocenters. The van der Waals surface area contributed by atoms with Gasteiger partial charge in [-0.3, -0.25) is 0 Å². The van der Waals surface area contributed by atoms with Gasteiger partial charge in [0.05, 0.1) is 0 Å². The van der Waals surface area contributed by atoms with Crippen molar-refractivity contribution in [2.75, 3.05) is 5.32 Å². The molecule has 7 nitrogen and oxygen atoms in total. The molecule has 2 heterocycles. The Labute approximate surface area is 188 Å². The molecule has 0 fully saturated rings. The molecule has 0 saturated carbocycles. The Morgan fingerprint density at radius 1 is 1.19 bits per heavy atom. The number of primary amides is 1. The zero-order chi connectivity index (χ0) is 23.0. The monoisotopic (exact) mass is 449 g/mol. The number of aryl methyl sites for hydroxylation is 1. The number of anilines is 1. The number of benzene rings is 2. The maximum absolute atomic E-state index is 13.9. The predicted octanol–water partition coefficient (Wildman–Crippen LogP) is 3.58. The minimum absolute atomic E-state index is 0.0817. The Hall–Kier alpha value is -3.59. The topological polar surface area (TPSA) is 103 Å². The van der Waals surface area contributed by atoms with Crippen molar-refractivity contribution < 1.29 is 14.0 Å². The summed E-state index contributed by atoms with van der Waals surface area (Å²) in [4.78, 5) is 33.1. The standard InChI is InChI=1S/C22H18BClFN5O2/c1-11-3-5-13(6-4-11)10-30-12(2)21(29-23-30)28-22(32)15-8-19(20(26)31)27-18-9-17(25)16(24)7-14(15)18/h3-9H,10H2,1-2H3,(H2,26,31)(H,28,32). The average Bonchev–Trinajstić information content (AvgIpc) is 3.09. The second kappa shape index (κ2) is 8.51. The van der Waals surface area contributed by atoms with E-state index in [4.69, 9.17) is 17.3 Å².